The van der Waals surface area contributed by atoms with Gasteiger partial charge in [-0.05, 0) is 51.1 Å². The second-order valence-corrected chi connectivity index (χ2v) is 8.64. The molecule has 0 aromatic heterocycles. The van der Waals surface area contributed by atoms with Gasteiger partial charge in [-0.25, -0.2) is 13.1 Å². The Bertz CT molecular complexity index is 747. The van der Waals surface area contributed by atoms with Gasteiger partial charge in [-0.15, -0.1) is 0 Å². The maximum atomic E-state index is 12.9. The molecule has 1 aromatic rings. The lowest BCUT2D eigenvalue weighted by Gasteiger charge is -2.27. The third-order valence-corrected chi connectivity index (χ3v) is 6.67. The maximum Gasteiger partial charge on any atom is 0.253 e. The summed E-state index contributed by atoms with van der Waals surface area (Å²) in [5.74, 6) is -0.191. The molecule has 0 unspecified atom stereocenters. The fourth-order valence-electron chi connectivity index (χ4n) is 3.52. The number of nitrogens with zero attached hydrogens (tertiary/aromatic N) is 2. The summed E-state index contributed by atoms with van der Waals surface area (Å²) in [6.45, 7) is 5.33. The molecular weight excluding hydrogens is 354 g/mol. The molecule has 1 N–H and O–H groups in total. The summed E-state index contributed by atoms with van der Waals surface area (Å²) >= 11 is 0. The van der Waals surface area contributed by atoms with E-state index in [1.165, 1.54) is 12.1 Å². The highest BCUT2D eigenvalue weighted by Gasteiger charge is 2.37. The average molecular weight is 381 g/mol. The van der Waals surface area contributed by atoms with Gasteiger partial charge in [-0.3, -0.25) is 9.69 Å². The van der Waals surface area contributed by atoms with Crippen molar-refractivity contribution in [3.63, 3.8) is 0 Å². The zero-order valence-electron chi connectivity index (χ0n) is 15.3. The molecule has 7 nitrogen and oxygen atoms in total. The van der Waals surface area contributed by atoms with Crippen LogP contribution in [0.1, 0.15) is 30.1 Å². The Morgan fingerprint density at radius 3 is 2.73 bits per heavy atom. The maximum absolute atomic E-state index is 12.9. The van der Waals surface area contributed by atoms with Crippen molar-refractivity contribution < 1.29 is 17.9 Å². The molecule has 26 heavy (non-hydrogen) atoms. The van der Waals surface area contributed by atoms with Crippen LogP contribution < -0.4 is 4.72 Å². The first-order valence-corrected chi connectivity index (χ1v) is 10.6. The van der Waals surface area contributed by atoms with E-state index in [-0.39, 0.29) is 22.9 Å². The van der Waals surface area contributed by atoms with E-state index in [2.05, 4.69) is 9.62 Å². The highest BCUT2D eigenvalue weighted by Crippen LogP contribution is 2.21. The molecule has 0 bridgehead atoms. The van der Waals surface area contributed by atoms with Gasteiger partial charge in [0.15, 0.2) is 0 Å². The molecule has 2 atom stereocenters. The predicted octanol–water partition coefficient (Wildman–Crippen LogP) is 0.920. The van der Waals surface area contributed by atoms with Gasteiger partial charge in [-0.2, -0.15) is 0 Å². The molecule has 144 valence electrons. The number of ether oxygens (including phenoxy) is 1. The molecule has 0 aliphatic carbocycles. The SMILES string of the molecule is CCN(C)C(=O)c1cccc(S(=O)(=O)N[C@H]2COC[C@@H]2N2CCCC2)c1. The van der Waals surface area contributed by atoms with Crippen LogP contribution in [0.2, 0.25) is 0 Å². The summed E-state index contributed by atoms with van der Waals surface area (Å²) in [6.07, 6.45) is 2.29. The molecule has 2 heterocycles. The lowest BCUT2D eigenvalue weighted by Crippen LogP contribution is -2.50. The molecule has 0 radical (unpaired) electrons. The highest BCUT2D eigenvalue weighted by atomic mass is 32.2. The summed E-state index contributed by atoms with van der Waals surface area (Å²) in [7, 11) is -2.03. The first kappa shape index (κ1) is 19.3. The number of rotatable bonds is 6. The van der Waals surface area contributed by atoms with E-state index in [9.17, 15) is 13.2 Å². The van der Waals surface area contributed by atoms with Crippen molar-refractivity contribution >= 4 is 15.9 Å². The second-order valence-electron chi connectivity index (χ2n) is 6.92. The summed E-state index contributed by atoms with van der Waals surface area (Å²) in [5.41, 5.74) is 0.371. The van der Waals surface area contributed by atoms with E-state index in [1.807, 2.05) is 6.92 Å². The van der Waals surface area contributed by atoms with Crippen molar-refractivity contribution in [2.45, 2.75) is 36.7 Å². The number of sulfonamides is 1. The highest BCUT2D eigenvalue weighted by molar-refractivity contribution is 7.89. The topological polar surface area (TPSA) is 79.0 Å². The number of hydrogen-bond donors (Lipinski definition) is 1. The number of benzene rings is 1. The second kappa shape index (κ2) is 8.04. The van der Waals surface area contributed by atoms with E-state index in [0.29, 0.717) is 25.3 Å². The number of carbonyl (C=O) groups is 1. The normalized spacial score (nSPS) is 24.1. The van der Waals surface area contributed by atoms with Gasteiger partial charge in [0, 0.05) is 19.2 Å². The quantitative estimate of drug-likeness (QED) is 0.793. The van der Waals surface area contributed by atoms with Crippen LogP contribution in [0, 0.1) is 0 Å². The van der Waals surface area contributed by atoms with E-state index in [0.717, 1.165) is 25.9 Å². The van der Waals surface area contributed by atoms with Gasteiger partial charge in [-0.1, -0.05) is 6.07 Å². The standard InChI is InChI=1S/C18H27N3O4S/c1-3-20(2)18(22)14-7-6-8-15(11-14)26(23,24)19-16-12-25-13-17(16)21-9-4-5-10-21/h6-8,11,16-17,19H,3-5,9-10,12-13H2,1-2H3/t16-,17-/m0/s1. The van der Waals surface area contributed by atoms with Crippen LogP contribution in [0.5, 0.6) is 0 Å². The van der Waals surface area contributed by atoms with Crippen LogP contribution in [-0.4, -0.2) is 76.1 Å². The van der Waals surface area contributed by atoms with Crippen LogP contribution in [0.4, 0.5) is 0 Å². The van der Waals surface area contributed by atoms with Crippen molar-refractivity contribution in [3.05, 3.63) is 29.8 Å². The molecule has 2 fully saturated rings. The van der Waals surface area contributed by atoms with Gasteiger partial charge in [0.1, 0.15) is 0 Å². The minimum Gasteiger partial charge on any atom is -0.378 e. The number of likely N-dealkylation sites (tertiary alicyclic amines) is 1. The van der Waals surface area contributed by atoms with Crippen molar-refractivity contribution in [2.24, 2.45) is 0 Å². The number of amides is 1. The number of hydrogen-bond acceptors (Lipinski definition) is 5. The van der Waals surface area contributed by atoms with Crippen LogP contribution in [0.3, 0.4) is 0 Å². The molecule has 2 aliphatic rings. The predicted molar refractivity (Wildman–Crippen MR) is 98.6 cm³/mol. The van der Waals surface area contributed by atoms with Crippen LogP contribution in [0.25, 0.3) is 0 Å². The molecule has 0 spiro atoms. The van der Waals surface area contributed by atoms with E-state index < -0.39 is 10.0 Å². The van der Waals surface area contributed by atoms with Gasteiger partial charge < -0.3 is 9.64 Å². The molecule has 1 amide bonds. The van der Waals surface area contributed by atoms with Gasteiger partial charge >= 0.3 is 0 Å². The van der Waals surface area contributed by atoms with E-state index in [1.54, 1.807) is 24.1 Å². The number of nitrogens with one attached hydrogen (secondary N) is 1. The fraction of sp³-hybridized carbons (Fsp3) is 0.611. The van der Waals surface area contributed by atoms with Crippen LogP contribution >= 0.6 is 0 Å². The average Bonchev–Trinajstić information content (AvgIpc) is 3.31. The first-order valence-electron chi connectivity index (χ1n) is 9.12. The van der Waals surface area contributed by atoms with Crippen LogP contribution in [0.15, 0.2) is 29.2 Å². The lowest BCUT2D eigenvalue weighted by atomic mass is 10.1. The zero-order chi connectivity index (χ0) is 18.7. The Labute approximate surface area is 155 Å². The monoisotopic (exact) mass is 381 g/mol. The Balaban J connectivity index is 1.76. The molecule has 2 saturated heterocycles. The third kappa shape index (κ3) is 4.09. The summed E-state index contributed by atoms with van der Waals surface area (Å²) in [6, 6.07) is 6.01. The van der Waals surface area contributed by atoms with Crippen molar-refractivity contribution in [1.29, 1.82) is 0 Å². The largest absolute Gasteiger partial charge is 0.378 e. The molecule has 2 aliphatic heterocycles. The Kier molecular flexibility index (Phi) is 5.96. The van der Waals surface area contributed by atoms with Crippen molar-refractivity contribution in [3.8, 4) is 0 Å². The Morgan fingerprint density at radius 2 is 2.04 bits per heavy atom. The van der Waals surface area contributed by atoms with E-state index in [4.69, 9.17) is 4.74 Å². The van der Waals surface area contributed by atoms with Gasteiger partial charge in [0.25, 0.3) is 5.91 Å². The van der Waals surface area contributed by atoms with Crippen molar-refractivity contribution in [1.82, 2.24) is 14.5 Å². The van der Waals surface area contributed by atoms with E-state index >= 15 is 0 Å². The Morgan fingerprint density at radius 1 is 1.31 bits per heavy atom. The fourth-order valence-corrected chi connectivity index (χ4v) is 4.82. The lowest BCUT2D eigenvalue weighted by molar-refractivity contribution is 0.0802. The summed E-state index contributed by atoms with van der Waals surface area (Å²) in [4.78, 5) is 16.3. The molecule has 3 rings (SSSR count). The molecular formula is C18H27N3O4S. The summed E-state index contributed by atoms with van der Waals surface area (Å²) < 4.78 is 34.0. The smallest absolute Gasteiger partial charge is 0.253 e. The first-order chi connectivity index (χ1) is 12.4. The minimum atomic E-state index is -3.72. The van der Waals surface area contributed by atoms with Crippen molar-refractivity contribution in [2.75, 3.05) is 39.9 Å². The Hall–Kier alpha value is -1.48. The molecule has 1 aromatic carbocycles. The van der Waals surface area contributed by atoms with Gasteiger partial charge in [0.2, 0.25) is 10.0 Å². The molecule has 0 saturated carbocycles. The zero-order valence-corrected chi connectivity index (χ0v) is 16.2. The van der Waals surface area contributed by atoms with Gasteiger partial charge in [0.05, 0.1) is 30.2 Å². The summed E-state index contributed by atoms with van der Waals surface area (Å²) in [5, 5.41) is 0. The molecule has 8 heteroatoms. The minimum absolute atomic E-state index is 0.0725. The van der Waals surface area contributed by atoms with Crippen LogP contribution in [-0.2, 0) is 14.8 Å². The number of carbonyl (C=O) groups excluding carboxylic acids is 1. The third-order valence-electron chi connectivity index (χ3n) is 5.18.